The molecule has 1 N–H and O–H groups in total. The monoisotopic (exact) mass is 557 g/mol. The van der Waals surface area contributed by atoms with Crippen LogP contribution >= 0.6 is 15.9 Å². The molecule has 3 aromatic heterocycles. The molecule has 4 heterocycles. The minimum Gasteiger partial charge on any atom is -0.444 e. The van der Waals surface area contributed by atoms with Gasteiger partial charge in [0.2, 0.25) is 0 Å². The fourth-order valence-corrected chi connectivity index (χ4v) is 5.58. The number of halogens is 1. The molecule has 2 aromatic carbocycles. The largest absolute Gasteiger partial charge is 0.444 e. The third-order valence-electron chi connectivity index (χ3n) is 6.79. The summed E-state index contributed by atoms with van der Waals surface area (Å²) in [5, 5.41) is 6.67. The number of aromatic amines is 1. The molecule has 1 aliphatic rings. The van der Waals surface area contributed by atoms with Gasteiger partial charge in [0.1, 0.15) is 11.9 Å². The average Bonchev–Trinajstić information content (AvgIpc) is 3.47. The highest BCUT2D eigenvalue weighted by Crippen LogP contribution is 2.37. The first-order valence-corrected chi connectivity index (χ1v) is 13.2. The Morgan fingerprint density at radius 2 is 1.89 bits per heavy atom. The van der Waals surface area contributed by atoms with Crippen LogP contribution in [0.1, 0.15) is 38.3 Å². The zero-order chi connectivity index (χ0) is 25.9. The predicted octanol–water partition coefficient (Wildman–Crippen LogP) is 7.13. The van der Waals surface area contributed by atoms with Crippen molar-refractivity contribution >= 4 is 55.0 Å². The van der Waals surface area contributed by atoms with Crippen LogP contribution in [0.3, 0.4) is 0 Å². The highest BCUT2D eigenvalue weighted by atomic mass is 79.9. The summed E-state index contributed by atoms with van der Waals surface area (Å²) in [6.07, 6.45) is 6.27. The topological polar surface area (TPSA) is 75.5 Å². The molecule has 188 valence electrons. The number of H-pyrrole nitrogens is 1. The number of amides is 1. The number of hydrogen-bond acceptors (Lipinski definition) is 4. The lowest BCUT2D eigenvalue weighted by Gasteiger charge is -2.29. The van der Waals surface area contributed by atoms with Gasteiger partial charge in [-0.15, -0.1) is 0 Å². The van der Waals surface area contributed by atoms with Crippen LogP contribution in [-0.2, 0) is 4.74 Å². The van der Waals surface area contributed by atoms with Crippen LogP contribution in [0.5, 0.6) is 0 Å². The minimum absolute atomic E-state index is 0.256. The molecule has 8 heteroatoms. The van der Waals surface area contributed by atoms with Crippen molar-refractivity contribution in [2.24, 2.45) is 0 Å². The molecule has 0 fully saturated rings. The molecule has 0 saturated carbocycles. The number of ether oxygens (including phenoxy) is 1. The van der Waals surface area contributed by atoms with E-state index in [1.807, 2.05) is 31.5 Å². The van der Waals surface area contributed by atoms with E-state index >= 15 is 0 Å². The number of aryl methyl sites for hydroxylation is 1. The minimum atomic E-state index is -0.489. The molecule has 0 radical (unpaired) electrons. The Balaban J connectivity index is 1.33. The molecule has 0 saturated heterocycles. The Morgan fingerprint density at radius 3 is 2.65 bits per heavy atom. The summed E-state index contributed by atoms with van der Waals surface area (Å²) in [5.74, 6) is 0. The van der Waals surface area contributed by atoms with Gasteiger partial charge in [-0.2, -0.15) is 5.10 Å². The van der Waals surface area contributed by atoms with E-state index in [4.69, 9.17) is 4.74 Å². The molecule has 5 aromatic rings. The standard InChI is InChI=1S/C29H28BrN5O2/c1-17-11-20(15-35-27(17)31-16-32-35)21-14-26-23(13-24(21)30)22-12-19(5-6-25(22)33-26)18-7-9-34(10-8-18)28(36)37-29(2,3)4/h5-7,11-16,33H,8-10H2,1-4H3. The number of rotatable bonds is 2. The molecular weight excluding hydrogens is 530 g/mol. The lowest BCUT2D eigenvalue weighted by molar-refractivity contribution is 0.0270. The van der Waals surface area contributed by atoms with E-state index < -0.39 is 5.60 Å². The summed E-state index contributed by atoms with van der Waals surface area (Å²) >= 11 is 3.82. The average molecular weight is 558 g/mol. The van der Waals surface area contributed by atoms with Gasteiger partial charge in [0.15, 0.2) is 5.65 Å². The fourth-order valence-electron chi connectivity index (χ4n) is 5.01. The molecule has 1 amide bonds. The van der Waals surface area contributed by atoms with Crippen molar-refractivity contribution in [2.75, 3.05) is 13.1 Å². The van der Waals surface area contributed by atoms with Crippen molar-refractivity contribution in [2.45, 2.75) is 39.7 Å². The van der Waals surface area contributed by atoms with Crippen LogP contribution in [0, 0.1) is 6.92 Å². The zero-order valence-corrected chi connectivity index (χ0v) is 22.9. The van der Waals surface area contributed by atoms with Crippen molar-refractivity contribution in [1.82, 2.24) is 24.5 Å². The fraction of sp³-hybridized carbons (Fsp3) is 0.276. The Bertz CT molecular complexity index is 1720. The Labute approximate surface area is 223 Å². The quantitative estimate of drug-likeness (QED) is 0.250. The number of benzene rings is 2. The smallest absolute Gasteiger partial charge is 0.410 e. The highest BCUT2D eigenvalue weighted by Gasteiger charge is 2.24. The molecule has 7 nitrogen and oxygen atoms in total. The number of hydrogen-bond donors (Lipinski definition) is 1. The maximum absolute atomic E-state index is 12.4. The molecule has 0 aliphatic carbocycles. The molecule has 1 aliphatic heterocycles. The SMILES string of the molecule is Cc1cc(-c2cc3[nH]c4ccc(C5=CCN(C(=O)OC(C)(C)C)CC5)cc4c3cc2Br)cn2ncnc12. The highest BCUT2D eigenvalue weighted by molar-refractivity contribution is 9.10. The van der Waals surface area contributed by atoms with Gasteiger partial charge >= 0.3 is 6.09 Å². The Morgan fingerprint density at radius 1 is 1.08 bits per heavy atom. The molecule has 0 unspecified atom stereocenters. The number of pyridine rings is 1. The molecule has 0 spiro atoms. The van der Waals surface area contributed by atoms with Gasteiger partial charge in [-0.1, -0.05) is 28.1 Å². The lowest BCUT2D eigenvalue weighted by atomic mass is 9.97. The number of carbonyl (C=O) groups is 1. The third-order valence-corrected chi connectivity index (χ3v) is 7.44. The molecule has 37 heavy (non-hydrogen) atoms. The first-order chi connectivity index (χ1) is 17.7. The lowest BCUT2D eigenvalue weighted by Crippen LogP contribution is -2.39. The summed E-state index contributed by atoms with van der Waals surface area (Å²) in [6, 6.07) is 13.1. The van der Waals surface area contributed by atoms with Gasteiger partial charge in [0, 0.05) is 51.1 Å². The van der Waals surface area contributed by atoms with Gasteiger partial charge < -0.3 is 14.6 Å². The summed E-state index contributed by atoms with van der Waals surface area (Å²) < 4.78 is 8.37. The number of nitrogens with one attached hydrogen (secondary N) is 1. The van der Waals surface area contributed by atoms with E-state index in [9.17, 15) is 4.79 Å². The zero-order valence-electron chi connectivity index (χ0n) is 21.3. The Kier molecular flexibility index (Phi) is 5.60. The molecule has 6 rings (SSSR count). The van der Waals surface area contributed by atoms with Gasteiger partial charge in [-0.3, -0.25) is 0 Å². The van der Waals surface area contributed by atoms with Gasteiger partial charge in [-0.05, 0) is 86.7 Å². The first kappa shape index (κ1) is 23.7. The summed E-state index contributed by atoms with van der Waals surface area (Å²) in [4.78, 5) is 22.1. The van der Waals surface area contributed by atoms with Gasteiger partial charge in [0.25, 0.3) is 0 Å². The van der Waals surface area contributed by atoms with E-state index in [2.05, 4.69) is 80.4 Å². The van der Waals surface area contributed by atoms with Crippen LogP contribution in [0.2, 0.25) is 0 Å². The predicted molar refractivity (Wildman–Crippen MR) is 151 cm³/mol. The summed E-state index contributed by atoms with van der Waals surface area (Å²) in [6.45, 7) is 8.94. The molecule has 0 bridgehead atoms. The number of aromatic nitrogens is 4. The third kappa shape index (κ3) is 4.39. The first-order valence-electron chi connectivity index (χ1n) is 12.4. The number of nitrogens with zero attached hydrogens (tertiary/aromatic N) is 4. The van der Waals surface area contributed by atoms with Crippen molar-refractivity contribution < 1.29 is 9.53 Å². The Hall–Kier alpha value is -3.65. The van der Waals surface area contributed by atoms with Gasteiger partial charge in [-0.25, -0.2) is 14.3 Å². The normalized spacial score (nSPS) is 14.5. The van der Waals surface area contributed by atoms with Gasteiger partial charge in [0.05, 0.1) is 0 Å². The second-order valence-electron chi connectivity index (χ2n) is 10.6. The number of carbonyl (C=O) groups excluding carboxylic acids is 1. The van der Waals surface area contributed by atoms with Crippen LogP contribution in [0.15, 0.2) is 59.5 Å². The summed E-state index contributed by atoms with van der Waals surface area (Å²) in [5.41, 5.74) is 8.24. The van der Waals surface area contributed by atoms with E-state index in [0.717, 1.165) is 49.7 Å². The van der Waals surface area contributed by atoms with Crippen LogP contribution < -0.4 is 0 Å². The van der Waals surface area contributed by atoms with E-state index in [0.29, 0.717) is 13.1 Å². The molecular formula is C29H28BrN5O2. The second kappa shape index (κ2) is 8.73. The molecule has 0 atom stereocenters. The van der Waals surface area contributed by atoms with Crippen molar-refractivity contribution in [3.8, 4) is 11.1 Å². The van der Waals surface area contributed by atoms with E-state index in [-0.39, 0.29) is 6.09 Å². The van der Waals surface area contributed by atoms with E-state index in [1.54, 1.807) is 11.2 Å². The van der Waals surface area contributed by atoms with E-state index in [1.165, 1.54) is 16.5 Å². The maximum Gasteiger partial charge on any atom is 0.410 e. The van der Waals surface area contributed by atoms with Crippen LogP contribution in [0.25, 0.3) is 44.2 Å². The van der Waals surface area contributed by atoms with Crippen LogP contribution in [-0.4, -0.2) is 49.3 Å². The van der Waals surface area contributed by atoms with Crippen LogP contribution in [0.4, 0.5) is 4.79 Å². The van der Waals surface area contributed by atoms with Crippen molar-refractivity contribution in [3.63, 3.8) is 0 Å². The maximum atomic E-state index is 12.4. The van der Waals surface area contributed by atoms with Crippen molar-refractivity contribution in [1.29, 1.82) is 0 Å². The number of fused-ring (bicyclic) bond motifs is 4. The summed E-state index contributed by atoms with van der Waals surface area (Å²) in [7, 11) is 0. The van der Waals surface area contributed by atoms with Crippen molar-refractivity contribution in [3.05, 3.63) is 70.6 Å². The second-order valence-corrected chi connectivity index (χ2v) is 11.5.